The number of hydrogen-bond acceptors (Lipinski definition) is 2. The van der Waals surface area contributed by atoms with Gasteiger partial charge in [0.2, 0.25) is 5.55 Å². The number of halogens is 3. The van der Waals surface area contributed by atoms with Crippen molar-refractivity contribution in [2.45, 2.75) is 6.18 Å². The number of alkyl halides is 3. The monoisotopic (exact) mass is 143 g/mol. The molecule has 5 heteroatoms. The molecule has 0 aliphatic rings. The van der Waals surface area contributed by atoms with Crippen LogP contribution in [0.2, 0.25) is 0 Å². The van der Waals surface area contributed by atoms with Crippen LogP contribution in [-0.4, -0.2) is 18.3 Å². The molecule has 0 N–H and O–H groups in total. The molecule has 1 nitrogen and oxygen atoms in total. The van der Waals surface area contributed by atoms with Crippen molar-refractivity contribution in [1.82, 2.24) is 0 Å². The standard InChI is InChI=1S/C3H2F3OS/c4-3(5,6)1-7-2-8/h1H2. The smallest absolute Gasteiger partial charge is 0.422 e. The normalized spacial score (nSPS) is 10.9. The van der Waals surface area contributed by atoms with Gasteiger partial charge in [-0.3, -0.25) is 0 Å². The average molecular weight is 143 g/mol. The molecule has 0 saturated carbocycles. The van der Waals surface area contributed by atoms with E-state index in [-0.39, 0.29) is 0 Å². The van der Waals surface area contributed by atoms with Gasteiger partial charge in [0, 0.05) is 0 Å². The van der Waals surface area contributed by atoms with Crippen LogP contribution >= 0.6 is 12.2 Å². The molecule has 0 unspecified atom stereocenters. The molecule has 1 radical (unpaired) electrons. The van der Waals surface area contributed by atoms with E-state index in [4.69, 9.17) is 0 Å². The molecule has 0 heterocycles. The molecule has 0 saturated heterocycles. The summed E-state index contributed by atoms with van der Waals surface area (Å²) in [7, 11) is 0. The van der Waals surface area contributed by atoms with Crippen molar-refractivity contribution in [3.63, 3.8) is 0 Å². The van der Waals surface area contributed by atoms with Gasteiger partial charge < -0.3 is 4.74 Å². The number of ether oxygens (including phenoxy) is 1. The molecule has 0 rings (SSSR count). The molecule has 8 heavy (non-hydrogen) atoms. The topological polar surface area (TPSA) is 9.23 Å². The fourth-order valence-electron chi connectivity index (χ4n) is 0.111. The minimum absolute atomic E-state index is 1.35. The van der Waals surface area contributed by atoms with Gasteiger partial charge in [-0.1, -0.05) is 0 Å². The summed E-state index contributed by atoms with van der Waals surface area (Å²) in [6.45, 7) is -1.35. The van der Waals surface area contributed by atoms with Crippen molar-refractivity contribution < 1.29 is 17.9 Å². The Kier molecular flexibility index (Phi) is 2.75. The summed E-state index contributed by atoms with van der Waals surface area (Å²) in [5.41, 5.74) is 1.49. The third-order valence-electron chi connectivity index (χ3n) is 0.295. The minimum atomic E-state index is -4.30. The molecule has 0 atom stereocenters. The van der Waals surface area contributed by atoms with Gasteiger partial charge >= 0.3 is 6.18 Å². The van der Waals surface area contributed by atoms with Gasteiger partial charge in [0.25, 0.3) is 0 Å². The van der Waals surface area contributed by atoms with Gasteiger partial charge in [0.15, 0.2) is 6.61 Å². The van der Waals surface area contributed by atoms with Gasteiger partial charge in [-0.2, -0.15) is 13.2 Å². The van der Waals surface area contributed by atoms with E-state index < -0.39 is 12.8 Å². The fourth-order valence-corrected chi connectivity index (χ4v) is 0.170. The van der Waals surface area contributed by atoms with Gasteiger partial charge in [-0.05, 0) is 12.2 Å². The highest BCUT2D eigenvalue weighted by Gasteiger charge is 2.27. The lowest BCUT2D eigenvalue weighted by Gasteiger charge is -2.01. The van der Waals surface area contributed by atoms with E-state index in [1.807, 2.05) is 0 Å². The summed E-state index contributed by atoms with van der Waals surface area (Å²) in [5, 5.41) is 0. The van der Waals surface area contributed by atoms with Crippen LogP contribution in [-0.2, 0) is 4.74 Å². The number of hydrogen-bond donors (Lipinski definition) is 0. The molecule has 0 aromatic carbocycles. The summed E-state index contributed by atoms with van der Waals surface area (Å²) in [6, 6.07) is 0. The predicted octanol–water partition coefficient (Wildman–Crippen LogP) is 1.40. The van der Waals surface area contributed by atoms with Gasteiger partial charge in [0.05, 0.1) is 0 Å². The molecule has 0 aromatic heterocycles. The van der Waals surface area contributed by atoms with Crippen LogP contribution in [0.5, 0.6) is 0 Å². The Morgan fingerprint density at radius 1 is 1.50 bits per heavy atom. The van der Waals surface area contributed by atoms with Crippen molar-refractivity contribution in [3.05, 3.63) is 0 Å². The maximum atomic E-state index is 11.0. The van der Waals surface area contributed by atoms with Gasteiger partial charge in [-0.15, -0.1) is 0 Å². The second kappa shape index (κ2) is 2.86. The summed E-state index contributed by atoms with van der Waals surface area (Å²) >= 11 is 3.85. The van der Waals surface area contributed by atoms with E-state index in [2.05, 4.69) is 17.0 Å². The van der Waals surface area contributed by atoms with Gasteiger partial charge in [0.1, 0.15) is 0 Å². The SMILES string of the molecule is FC(F)(F)CO[C]=S. The Hall–Kier alpha value is -0.320. The fraction of sp³-hybridized carbons (Fsp3) is 0.667. The molecule has 0 fully saturated rings. The third-order valence-corrected chi connectivity index (χ3v) is 0.413. The predicted molar refractivity (Wildman–Crippen MR) is 24.6 cm³/mol. The van der Waals surface area contributed by atoms with Crippen molar-refractivity contribution in [3.8, 4) is 0 Å². The molecular formula is C3H2F3OS. The van der Waals surface area contributed by atoms with E-state index in [9.17, 15) is 13.2 Å². The van der Waals surface area contributed by atoms with Crippen molar-refractivity contribution in [2.75, 3.05) is 6.61 Å². The van der Waals surface area contributed by atoms with Crippen molar-refractivity contribution >= 4 is 17.8 Å². The molecular weight excluding hydrogens is 141 g/mol. The maximum absolute atomic E-state index is 11.0. The van der Waals surface area contributed by atoms with Crippen LogP contribution < -0.4 is 0 Å². The molecule has 47 valence electrons. The average Bonchev–Trinajstić information content (AvgIpc) is 1.59. The Morgan fingerprint density at radius 2 is 2.00 bits per heavy atom. The van der Waals surface area contributed by atoms with E-state index in [0.717, 1.165) is 0 Å². The molecule has 0 amide bonds. The van der Waals surface area contributed by atoms with Crippen LogP contribution in [0.1, 0.15) is 0 Å². The molecule has 0 aromatic rings. The van der Waals surface area contributed by atoms with E-state index in [1.165, 1.54) is 5.55 Å². The second-order valence-electron chi connectivity index (χ2n) is 0.987. The van der Waals surface area contributed by atoms with Crippen LogP contribution in [0.15, 0.2) is 0 Å². The van der Waals surface area contributed by atoms with Crippen molar-refractivity contribution in [1.29, 1.82) is 0 Å². The van der Waals surface area contributed by atoms with Crippen LogP contribution in [0.25, 0.3) is 0 Å². The first-order chi connectivity index (χ1) is 3.56. The number of rotatable bonds is 2. The zero-order chi connectivity index (χ0) is 6.62. The first kappa shape index (κ1) is 7.68. The van der Waals surface area contributed by atoms with E-state index in [0.29, 0.717) is 0 Å². The Balaban J connectivity index is 3.24. The highest BCUT2D eigenvalue weighted by atomic mass is 32.1. The Bertz CT molecular complexity index is 79.1. The second-order valence-corrected chi connectivity index (χ2v) is 1.15. The quantitative estimate of drug-likeness (QED) is 0.540. The molecule has 0 aliphatic heterocycles. The lowest BCUT2D eigenvalue weighted by molar-refractivity contribution is -0.154. The van der Waals surface area contributed by atoms with Gasteiger partial charge in [-0.25, -0.2) is 0 Å². The molecule has 0 bridgehead atoms. The highest BCUT2D eigenvalue weighted by Crippen LogP contribution is 2.13. The Labute approximate surface area is 49.4 Å². The van der Waals surface area contributed by atoms with E-state index in [1.54, 1.807) is 0 Å². The van der Waals surface area contributed by atoms with E-state index >= 15 is 0 Å². The van der Waals surface area contributed by atoms with Crippen LogP contribution in [0.4, 0.5) is 13.2 Å². The first-order valence-electron chi connectivity index (χ1n) is 1.62. The third kappa shape index (κ3) is 5.68. The Morgan fingerprint density at radius 3 is 2.12 bits per heavy atom. The summed E-state index contributed by atoms with van der Waals surface area (Å²) < 4.78 is 36.7. The highest BCUT2D eigenvalue weighted by molar-refractivity contribution is 7.78. The summed E-state index contributed by atoms with van der Waals surface area (Å²) in [4.78, 5) is 0. The summed E-state index contributed by atoms with van der Waals surface area (Å²) in [5.74, 6) is 0. The zero-order valence-corrected chi connectivity index (χ0v) is 4.47. The maximum Gasteiger partial charge on any atom is 0.422 e. The molecule has 0 aliphatic carbocycles. The number of thiocarbonyl (C=S) groups is 1. The largest absolute Gasteiger partial charge is 0.470 e. The van der Waals surface area contributed by atoms with Crippen molar-refractivity contribution in [2.24, 2.45) is 0 Å². The lowest BCUT2D eigenvalue weighted by Crippen LogP contribution is -2.15. The minimum Gasteiger partial charge on any atom is -0.470 e. The van der Waals surface area contributed by atoms with Crippen LogP contribution in [0, 0.1) is 0 Å². The zero-order valence-electron chi connectivity index (χ0n) is 3.66. The molecule has 0 spiro atoms. The first-order valence-corrected chi connectivity index (χ1v) is 2.03. The lowest BCUT2D eigenvalue weighted by atomic mass is 10.7. The van der Waals surface area contributed by atoms with Crippen LogP contribution in [0.3, 0.4) is 0 Å². The summed E-state index contributed by atoms with van der Waals surface area (Å²) in [6.07, 6.45) is -4.30.